The van der Waals surface area contributed by atoms with Gasteiger partial charge in [-0.05, 0) is 47.7 Å². The van der Waals surface area contributed by atoms with E-state index in [1.807, 2.05) is 24.4 Å². The van der Waals surface area contributed by atoms with Crippen molar-refractivity contribution in [2.24, 2.45) is 0 Å². The van der Waals surface area contributed by atoms with Crippen LogP contribution >= 0.6 is 11.3 Å². The highest BCUT2D eigenvalue weighted by Crippen LogP contribution is 2.21. The monoisotopic (exact) mass is 311 g/mol. The second-order valence-corrected chi connectivity index (χ2v) is 5.46. The number of hydrogen-bond donors (Lipinski definition) is 0. The van der Waals surface area contributed by atoms with E-state index in [9.17, 15) is 14.9 Å². The van der Waals surface area contributed by atoms with Gasteiger partial charge in [0, 0.05) is 0 Å². The molecule has 1 aromatic heterocycles. The van der Waals surface area contributed by atoms with E-state index in [0.29, 0.717) is 16.0 Å². The smallest absolute Gasteiger partial charge is 0.337 e. The largest absolute Gasteiger partial charge is 0.465 e. The number of thiophene rings is 1. The van der Waals surface area contributed by atoms with Gasteiger partial charge in [-0.25, -0.2) is 4.79 Å². The SMILES string of the molecule is COC(=O)c1ccc(C=C(C#N)C(=O)c2sccc2C)cc1. The summed E-state index contributed by atoms with van der Waals surface area (Å²) in [6, 6.07) is 10.3. The van der Waals surface area contributed by atoms with Crippen molar-refractivity contribution in [3.05, 3.63) is 62.9 Å². The zero-order valence-electron chi connectivity index (χ0n) is 12.1. The Labute approximate surface area is 132 Å². The minimum absolute atomic E-state index is 0.0661. The summed E-state index contributed by atoms with van der Waals surface area (Å²) in [6.45, 7) is 1.84. The van der Waals surface area contributed by atoms with Crippen LogP contribution in [0.5, 0.6) is 0 Å². The predicted octanol–water partition coefficient (Wildman–Crippen LogP) is 3.63. The summed E-state index contributed by atoms with van der Waals surface area (Å²) in [7, 11) is 1.31. The van der Waals surface area contributed by atoms with E-state index in [0.717, 1.165) is 5.56 Å². The van der Waals surface area contributed by atoms with E-state index >= 15 is 0 Å². The molecule has 0 aliphatic rings. The number of ketones is 1. The molecule has 0 saturated heterocycles. The molecule has 0 atom stereocenters. The summed E-state index contributed by atoms with van der Waals surface area (Å²) in [5, 5.41) is 11.0. The molecule has 0 unspecified atom stereocenters. The second-order valence-electron chi connectivity index (χ2n) is 4.55. The van der Waals surface area contributed by atoms with Gasteiger partial charge in [0.25, 0.3) is 0 Å². The Bertz CT molecular complexity index is 779. The van der Waals surface area contributed by atoms with Gasteiger partial charge in [-0.3, -0.25) is 4.79 Å². The molecule has 0 aliphatic carbocycles. The summed E-state index contributed by atoms with van der Waals surface area (Å²) < 4.78 is 4.62. The summed E-state index contributed by atoms with van der Waals surface area (Å²) in [5.41, 5.74) is 2.01. The summed E-state index contributed by atoms with van der Waals surface area (Å²) in [4.78, 5) is 24.3. The van der Waals surface area contributed by atoms with Crippen LogP contribution in [0.1, 0.15) is 31.2 Å². The minimum atomic E-state index is -0.429. The molecular weight excluding hydrogens is 298 g/mol. The normalized spacial score (nSPS) is 10.9. The Morgan fingerprint density at radius 3 is 2.41 bits per heavy atom. The first kappa shape index (κ1) is 15.7. The molecular formula is C17H13NO3S. The van der Waals surface area contributed by atoms with Crippen molar-refractivity contribution in [2.75, 3.05) is 7.11 Å². The number of Topliss-reactive ketones (excluding diaryl/α,β-unsaturated/α-hetero) is 1. The first-order chi connectivity index (χ1) is 10.6. The first-order valence-electron chi connectivity index (χ1n) is 6.45. The van der Waals surface area contributed by atoms with E-state index in [1.165, 1.54) is 24.5 Å². The Morgan fingerprint density at radius 2 is 1.91 bits per heavy atom. The van der Waals surface area contributed by atoms with E-state index < -0.39 is 5.97 Å². The van der Waals surface area contributed by atoms with Gasteiger partial charge >= 0.3 is 5.97 Å². The van der Waals surface area contributed by atoms with Crippen molar-refractivity contribution in [1.29, 1.82) is 5.26 Å². The van der Waals surface area contributed by atoms with Crippen LogP contribution in [0.25, 0.3) is 6.08 Å². The van der Waals surface area contributed by atoms with Gasteiger partial charge in [-0.2, -0.15) is 5.26 Å². The molecule has 1 aromatic carbocycles. The van der Waals surface area contributed by atoms with E-state index in [-0.39, 0.29) is 11.4 Å². The summed E-state index contributed by atoms with van der Waals surface area (Å²) in [5.74, 6) is -0.714. The molecule has 22 heavy (non-hydrogen) atoms. The zero-order chi connectivity index (χ0) is 16.1. The molecule has 0 radical (unpaired) electrons. The average molecular weight is 311 g/mol. The molecule has 5 heteroatoms. The first-order valence-corrected chi connectivity index (χ1v) is 7.33. The molecule has 110 valence electrons. The minimum Gasteiger partial charge on any atom is -0.465 e. The number of nitrogens with zero attached hydrogens (tertiary/aromatic N) is 1. The topological polar surface area (TPSA) is 67.2 Å². The van der Waals surface area contributed by atoms with Crippen molar-refractivity contribution >= 4 is 29.2 Å². The number of rotatable bonds is 4. The Kier molecular flexibility index (Phi) is 4.87. The number of methoxy groups -OCH3 is 1. The maximum absolute atomic E-state index is 12.3. The van der Waals surface area contributed by atoms with Crippen LogP contribution in [0, 0.1) is 18.3 Å². The molecule has 2 rings (SSSR count). The standard InChI is InChI=1S/C17H13NO3S/c1-11-7-8-22-16(11)15(19)14(10-18)9-12-3-5-13(6-4-12)17(20)21-2/h3-9H,1-2H3. The lowest BCUT2D eigenvalue weighted by Gasteiger charge is -2.01. The van der Waals surface area contributed by atoms with Crippen LogP contribution < -0.4 is 0 Å². The van der Waals surface area contributed by atoms with Gasteiger partial charge in [0.05, 0.1) is 17.6 Å². The average Bonchev–Trinajstić information content (AvgIpc) is 2.97. The molecule has 0 spiro atoms. The van der Waals surface area contributed by atoms with Crippen LogP contribution in [-0.4, -0.2) is 18.9 Å². The summed E-state index contributed by atoms with van der Waals surface area (Å²) in [6.07, 6.45) is 1.52. The molecule has 2 aromatic rings. The van der Waals surface area contributed by atoms with E-state index in [1.54, 1.807) is 24.3 Å². The highest BCUT2D eigenvalue weighted by atomic mass is 32.1. The van der Waals surface area contributed by atoms with Crippen molar-refractivity contribution < 1.29 is 14.3 Å². The number of nitriles is 1. The van der Waals surface area contributed by atoms with E-state index in [4.69, 9.17) is 0 Å². The van der Waals surface area contributed by atoms with Gasteiger partial charge < -0.3 is 4.74 Å². The molecule has 4 nitrogen and oxygen atoms in total. The third-order valence-corrected chi connectivity index (χ3v) is 4.09. The third-order valence-electron chi connectivity index (χ3n) is 3.08. The number of esters is 1. The van der Waals surface area contributed by atoms with Gasteiger partial charge in [-0.15, -0.1) is 11.3 Å². The zero-order valence-corrected chi connectivity index (χ0v) is 12.9. The predicted molar refractivity (Wildman–Crippen MR) is 84.8 cm³/mol. The number of aryl methyl sites for hydroxylation is 1. The Morgan fingerprint density at radius 1 is 1.23 bits per heavy atom. The van der Waals surface area contributed by atoms with Crippen LogP contribution in [0.2, 0.25) is 0 Å². The lowest BCUT2D eigenvalue weighted by atomic mass is 10.0. The van der Waals surface area contributed by atoms with Crippen molar-refractivity contribution in [3.8, 4) is 6.07 Å². The number of carbonyl (C=O) groups excluding carboxylic acids is 2. The maximum Gasteiger partial charge on any atom is 0.337 e. The van der Waals surface area contributed by atoms with Crippen LogP contribution in [-0.2, 0) is 4.74 Å². The van der Waals surface area contributed by atoms with Crippen LogP contribution in [0.15, 0.2) is 41.3 Å². The van der Waals surface area contributed by atoms with Crippen LogP contribution in [0.3, 0.4) is 0 Å². The number of allylic oxidation sites excluding steroid dienone is 1. The molecule has 0 bridgehead atoms. The maximum atomic E-state index is 12.3. The number of ether oxygens (including phenoxy) is 1. The van der Waals surface area contributed by atoms with Gasteiger partial charge in [-0.1, -0.05) is 12.1 Å². The van der Waals surface area contributed by atoms with Crippen molar-refractivity contribution in [1.82, 2.24) is 0 Å². The van der Waals surface area contributed by atoms with Gasteiger partial charge in [0.2, 0.25) is 5.78 Å². The molecule has 0 amide bonds. The number of benzene rings is 1. The fraction of sp³-hybridized carbons (Fsp3) is 0.118. The van der Waals surface area contributed by atoms with Gasteiger partial charge in [0.1, 0.15) is 11.6 Å². The van der Waals surface area contributed by atoms with Crippen molar-refractivity contribution in [2.45, 2.75) is 6.92 Å². The van der Waals surface area contributed by atoms with Gasteiger partial charge in [0.15, 0.2) is 0 Å². The highest BCUT2D eigenvalue weighted by molar-refractivity contribution is 7.12. The highest BCUT2D eigenvalue weighted by Gasteiger charge is 2.15. The Hall–Kier alpha value is -2.71. The molecule has 0 aliphatic heterocycles. The lowest BCUT2D eigenvalue weighted by molar-refractivity contribution is 0.0600. The Balaban J connectivity index is 2.30. The third kappa shape index (κ3) is 3.30. The van der Waals surface area contributed by atoms with Crippen LogP contribution in [0.4, 0.5) is 0 Å². The number of carbonyl (C=O) groups is 2. The quantitative estimate of drug-likeness (QED) is 0.374. The molecule has 0 fully saturated rings. The molecule has 0 saturated carbocycles. The van der Waals surface area contributed by atoms with E-state index in [2.05, 4.69) is 4.74 Å². The molecule has 0 N–H and O–H groups in total. The second kappa shape index (κ2) is 6.83. The van der Waals surface area contributed by atoms with Crippen molar-refractivity contribution in [3.63, 3.8) is 0 Å². The number of hydrogen-bond acceptors (Lipinski definition) is 5. The fourth-order valence-corrected chi connectivity index (χ4v) is 2.76. The fourth-order valence-electron chi connectivity index (χ4n) is 1.88. The molecule has 1 heterocycles. The lowest BCUT2D eigenvalue weighted by Crippen LogP contribution is -2.02. The summed E-state index contributed by atoms with van der Waals surface area (Å²) >= 11 is 1.32.